The monoisotopic (exact) mass is 381 g/mol. The highest BCUT2D eigenvalue weighted by molar-refractivity contribution is 7.89. The van der Waals surface area contributed by atoms with Gasteiger partial charge in [0.15, 0.2) is 0 Å². The van der Waals surface area contributed by atoms with Crippen LogP contribution in [0.15, 0.2) is 41.8 Å². The predicted molar refractivity (Wildman–Crippen MR) is 96.1 cm³/mol. The van der Waals surface area contributed by atoms with Gasteiger partial charge >= 0.3 is 11.8 Å². The molecule has 26 heavy (non-hydrogen) atoms. The quantitative estimate of drug-likeness (QED) is 0.521. The first-order chi connectivity index (χ1) is 12.4. The lowest BCUT2D eigenvalue weighted by Gasteiger charge is -2.24. The fourth-order valence-electron chi connectivity index (χ4n) is 2.75. The van der Waals surface area contributed by atoms with E-state index in [1.54, 1.807) is 12.1 Å². The van der Waals surface area contributed by atoms with Crippen molar-refractivity contribution < 1.29 is 22.7 Å². The van der Waals surface area contributed by atoms with Crippen LogP contribution in [0.3, 0.4) is 0 Å². The van der Waals surface area contributed by atoms with Crippen molar-refractivity contribution in [3.8, 4) is 5.75 Å². The van der Waals surface area contributed by atoms with Crippen LogP contribution in [0, 0.1) is 0 Å². The molecule has 0 spiro atoms. The van der Waals surface area contributed by atoms with E-state index in [-0.39, 0.29) is 18.0 Å². The summed E-state index contributed by atoms with van der Waals surface area (Å²) in [6.07, 6.45) is 2.77. The number of amides is 2. The van der Waals surface area contributed by atoms with Crippen LogP contribution < -0.4 is 15.4 Å². The second kappa shape index (κ2) is 8.81. The van der Waals surface area contributed by atoms with Crippen molar-refractivity contribution in [2.75, 3.05) is 26.7 Å². The largest absolute Gasteiger partial charge is 0.497 e. The molecule has 1 aromatic rings. The Kier molecular flexibility index (Phi) is 6.76. The number of carbonyl (C=O) groups is 2. The molecule has 9 heteroatoms. The summed E-state index contributed by atoms with van der Waals surface area (Å²) in [5.41, 5.74) is 0. The van der Waals surface area contributed by atoms with Gasteiger partial charge in [-0.25, -0.2) is 8.42 Å². The Morgan fingerprint density at radius 3 is 2.54 bits per heavy atom. The molecule has 2 rings (SSSR count). The van der Waals surface area contributed by atoms with Gasteiger partial charge in [-0.1, -0.05) is 6.08 Å². The van der Waals surface area contributed by atoms with E-state index < -0.39 is 27.9 Å². The number of rotatable bonds is 7. The van der Waals surface area contributed by atoms with Crippen LogP contribution in [0.5, 0.6) is 5.75 Å². The molecular formula is C17H23N3O5S. The van der Waals surface area contributed by atoms with Gasteiger partial charge in [-0.15, -0.1) is 6.58 Å². The Hall–Kier alpha value is -2.39. The zero-order chi connectivity index (χ0) is 19.2. The maximum Gasteiger partial charge on any atom is 0.309 e. The third-order valence-electron chi connectivity index (χ3n) is 4.10. The molecular weight excluding hydrogens is 358 g/mol. The summed E-state index contributed by atoms with van der Waals surface area (Å²) >= 11 is 0. The topological polar surface area (TPSA) is 105 Å². The van der Waals surface area contributed by atoms with Gasteiger partial charge in [0.2, 0.25) is 10.0 Å². The van der Waals surface area contributed by atoms with E-state index in [9.17, 15) is 18.0 Å². The van der Waals surface area contributed by atoms with Crippen LogP contribution >= 0.6 is 0 Å². The molecule has 0 aromatic heterocycles. The maximum absolute atomic E-state index is 12.8. The van der Waals surface area contributed by atoms with Crippen molar-refractivity contribution in [3.05, 3.63) is 36.9 Å². The van der Waals surface area contributed by atoms with Crippen molar-refractivity contribution in [3.63, 3.8) is 0 Å². The molecule has 1 aromatic carbocycles. The van der Waals surface area contributed by atoms with Crippen LogP contribution in [0.4, 0.5) is 0 Å². The molecule has 1 atom stereocenters. The summed E-state index contributed by atoms with van der Waals surface area (Å²) in [6, 6.07) is 5.77. The molecule has 0 saturated carbocycles. The Morgan fingerprint density at radius 2 is 1.92 bits per heavy atom. The Morgan fingerprint density at radius 1 is 1.27 bits per heavy atom. The Labute approximate surface area is 153 Å². The van der Waals surface area contributed by atoms with Gasteiger partial charge in [-0.05, 0) is 37.1 Å². The van der Waals surface area contributed by atoms with Gasteiger partial charge in [-0.3, -0.25) is 9.59 Å². The highest BCUT2D eigenvalue weighted by atomic mass is 32.2. The first-order valence-electron chi connectivity index (χ1n) is 8.23. The van der Waals surface area contributed by atoms with E-state index in [1.807, 2.05) is 0 Å². The van der Waals surface area contributed by atoms with Crippen LogP contribution in [-0.4, -0.2) is 57.3 Å². The fourth-order valence-corrected chi connectivity index (χ4v) is 4.44. The van der Waals surface area contributed by atoms with Crippen LogP contribution in [0.1, 0.15) is 12.8 Å². The number of nitrogens with one attached hydrogen (secondary N) is 2. The average molecular weight is 381 g/mol. The molecule has 1 heterocycles. The van der Waals surface area contributed by atoms with Gasteiger partial charge in [0, 0.05) is 25.7 Å². The lowest BCUT2D eigenvalue weighted by Crippen LogP contribution is -2.47. The highest BCUT2D eigenvalue weighted by Gasteiger charge is 2.35. The molecule has 1 saturated heterocycles. The smallest absolute Gasteiger partial charge is 0.309 e. The number of nitrogens with zero attached hydrogens (tertiary/aromatic N) is 1. The Balaban J connectivity index is 2.03. The van der Waals surface area contributed by atoms with Crippen molar-refractivity contribution in [1.29, 1.82) is 0 Å². The molecule has 2 amide bonds. The van der Waals surface area contributed by atoms with Gasteiger partial charge in [0.25, 0.3) is 0 Å². The van der Waals surface area contributed by atoms with E-state index in [0.717, 1.165) is 0 Å². The lowest BCUT2D eigenvalue weighted by molar-refractivity contribution is -0.139. The fraction of sp³-hybridized carbons (Fsp3) is 0.412. The summed E-state index contributed by atoms with van der Waals surface area (Å²) in [5.74, 6) is -0.993. The highest BCUT2D eigenvalue weighted by Crippen LogP contribution is 2.26. The molecule has 0 radical (unpaired) electrons. The first-order valence-corrected chi connectivity index (χ1v) is 9.67. The number of sulfonamides is 1. The van der Waals surface area contributed by atoms with E-state index in [4.69, 9.17) is 4.74 Å². The number of hydrogen-bond acceptors (Lipinski definition) is 5. The summed E-state index contributed by atoms with van der Waals surface area (Å²) in [4.78, 5) is 23.5. The van der Waals surface area contributed by atoms with E-state index in [2.05, 4.69) is 17.2 Å². The van der Waals surface area contributed by atoms with Gasteiger partial charge < -0.3 is 15.4 Å². The summed E-state index contributed by atoms with van der Waals surface area (Å²) in [7, 11) is -2.17. The maximum atomic E-state index is 12.8. The zero-order valence-corrected chi connectivity index (χ0v) is 15.4. The van der Waals surface area contributed by atoms with Crippen molar-refractivity contribution >= 4 is 21.8 Å². The van der Waals surface area contributed by atoms with E-state index in [1.165, 1.54) is 29.6 Å². The van der Waals surface area contributed by atoms with Crippen molar-refractivity contribution in [2.45, 2.75) is 23.8 Å². The molecule has 1 fully saturated rings. The van der Waals surface area contributed by atoms with Gasteiger partial charge in [0.1, 0.15) is 5.75 Å². The lowest BCUT2D eigenvalue weighted by atomic mass is 10.2. The minimum atomic E-state index is -3.68. The third kappa shape index (κ3) is 4.61. The first kappa shape index (κ1) is 19.9. The number of hydrogen-bond donors (Lipinski definition) is 2. The zero-order valence-electron chi connectivity index (χ0n) is 14.6. The van der Waals surface area contributed by atoms with Crippen molar-refractivity contribution in [2.24, 2.45) is 0 Å². The van der Waals surface area contributed by atoms with Gasteiger partial charge in [0.05, 0.1) is 12.0 Å². The average Bonchev–Trinajstić information content (AvgIpc) is 3.13. The van der Waals surface area contributed by atoms with Crippen molar-refractivity contribution in [1.82, 2.24) is 14.9 Å². The van der Waals surface area contributed by atoms with Crippen LogP contribution in [0.2, 0.25) is 0 Å². The summed E-state index contributed by atoms with van der Waals surface area (Å²) < 4.78 is 32.1. The Bertz CT molecular complexity index is 761. The number of methoxy groups -OCH3 is 1. The minimum Gasteiger partial charge on any atom is -0.497 e. The van der Waals surface area contributed by atoms with E-state index >= 15 is 0 Å². The van der Waals surface area contributed by atoms with Crippen LogP contribution in [-0.2, 0) is 19.6 Å². The molecule has 0 unspecified atom stereocenters. The SMILES string of the molecule is C=CCNC(=O)C(=O)NC[C@H]1CCCN1S(=O)(=O)c1ccc(OC)cc1. The second-order valence-corrected chi connectivity index (χ2v) is 7.69. The van der Waals surface area contributed by atoms with Gasteiger partial charge in [-0.2, -0.15) is 4.31 Å². The third-order valence-corrected chi connectivity index (χ3v) is 6.07. The molecule has 142 valence electrons. The van der Waals surface area contributed by atoms with Crippen LogP contribution in [0.25, 0.3) is 0 Å². The number of carbonyl (C=O) groups excluding carboxylic acids is 2. The molecule has 8 nitrogen and oxygen atoms in total. The second-order valence-electron chi connectivity index (χ2n) is 5.80. The molecule has 1 aliphatic rings. The standard InChI is InChI=1S/C17H23N3O5S/c1-3-10-18-16(21)17(22)19-12-13-5-4-11-20(13)26(23,24)15-8-6-14(25-2)7-9-15/h3,6-9,13H,1,4-5,10-12H2,2H3,(H,18,21)(H,19,22)/t13-/m1/s1. The molecule has 1 aliphatic heterocycles. The summed E-state index contributed by atoms with van der Waals surface area (Å²) in [6.45, 7) is 4.09. The molecule has 0 aliphatic carbocycles. The minimum absolute atomic E-state index is 0.0791. The number of ether oxygens (including phenoxy) is 1. The molecule has 0 bridgehead atoms. The predicted octanol–water partition coefficient (Wildman–Crippen LogP) is 0.267. The van der Waals surface area contributed by atoms with E-state index in [0.29, 0.717) is 25.1 Å². The normalized spacial score (nSPS) is 17.5. The summed E-state index contributed by atoms with van der Waals surface area (Å²) in [5, 5.41) is 4.87. The number of benzene rings is 1. The molecule has 2 N–H and O–H groups in total.